The maximum absolute atomic E-state index is 12.4. The van der Waals surface area contributed by atoms with Crippen LogP contribution in [0.3, 0.4) is 0 Å². The number of hydrogen-bond donors (Lipinski definition) is 2. The molecule has 0 aliphatic carbocycles. The highest BCUT2D eigenvalue weighted by Gasteiger charge is 2.35. The molecule has 160 valence electrons. The highest BCUT2D eigenvalue weighted by molar-refractivity contribution is 14.0. The zero-order valence-corrected chi connectivity index (χ0v) is 17.4. The first-order chi connectivity index (χ1) is 12.0. The fourth-order valence-corrected chi connectivity index (χ4v) is 3.45. The summed E-state index contributed by atoms with van der Waals surface area (Å²) in [6, 6.07) is -0.131. The summed E-state index contributed by atoms with van der Waals surface area (Å²) in [5.41, 5.74) is 0. The summed E-state index contributed by atoms with van der Waals surface area (Å²) in [5.74, 6) is 0.555. The van der Waals surface area contributed by atoms with E-state index in [1.165, 1.54) is 9.80 Å². The molecule has 2 saturated heterocycles. The van der Waals surface area contributed by atoms with Crippen LogP contribution in [0.5, 0.6) is 0 Å². The van der Waals surface area contributed by atoms with Crippen molar-refractivity contribution in [3.63, 3.8) is 0 Å². The molecule has 2 aliphatic rings. The Morgan fingerprint density at radius 3 is 2.07 bits per heavy atom. The fourth-order valence-electron chi connectivity index (χ4n) is 3.45. The van der Waals surface area contributed by atoms with Gasteiger partial charge < -0.3 is 10.6 Å². The third-order valence-corrected chi connectivity index (χ3v) is 4.57. The molecule has 2 aliphatic heterocycles. The second-order valence-electron chi connectivity index (χ2n) is 6.94. The Morgan fingerprint density at radius 2 is 1.52 bits per heavy atom. The van der Waals surface area contributed by atoms with Crippen LogP contribution in [0.25, 0.3) is 0 Å². The molecule has 2 N–H and O–H groups in total. The van der Waals surface area contributed by atoms with Gasteiger partial charge in [-0.2, -0.15) is 26.3 Å². The quantitative estimate of drug-likeness (QED) is 0.255. The van der Waals surface area contributed by atoms with E-state index in [0.29, 0.717) is 45.0 Å². The highest BCUT2D eigenvalue weighted by atomic mass is 127. The number of hydrogen-bond acceptors (Lipinski definition) is 3. The van der Waals surface area contributed by atoms with Gasteiger partial charge in [0.15, 0.2) is 5.96 Å². The highest BCUT2D eigenvalue weighted by Crippen LogP contribution is 2.22. The van der Waals surface area contributed by atoms with E-state index in [-0.39, 0.29) is 42.5 Å². The summed E-state index contributed by atoms with van der Waals surface area (Å²) in [6.45, 7) is 0.0837. The molecular weight excluding hydrogens is 491 g/mol. The molecule has 0 aromatic rings. The maximum atomic E-state index is 12.4. The predicted molar refractivity (Wildman–Crippen MR) is 101 cm³/mol. The van der Waals surface area contributed by atoms with Crippen molar-refractivity contribution in [3.8, 4) is 0 Å². The third-order valence-electron chi connectivity index (χ3n) is 4.57. The van der Waals surface area contributed by atoms with E-state index in [0.717, 1.165) is 0 Å². The Kier molecular flexibility index (Phi) is 9.38. The van der Waals surface area contributed by atoms with Crippen LogP contribution in [-0.4, -0.2) is 87.0 Å². The molecule has 2 unspecified atom stereocenters. The lowest BCUT2D eigenvalue weighted by atomic mass is 10.1. The van der Waals surface area contributed by atoms with Crippen molar-refractivity contribution in [2.75, 3.05) is 52.9 Å². The Balaban J connectivity index is 0.00000364. The average Bonchev–Trinajstić information content (AvgIpc) is 3.09. The van der Waals surface area contributed by atoms with Gasteiger partial charge in [0.2, 0.25) is 0 Å². The summed E-state index contributed by atoms with van der Waals surface area (Å²) in [4.78, 5) is 6.78. The summed E-state index contributed by atoms with van der Waals surface area (Å²) in [6.07, 6.45) is -7.15. The van der Waals surface area contributed by atoms with Gasteiger partial charge in [-0.05, 0) is 25.3 Å². The molecule has 12 heteroatoms. The van der Waals surface area contributed by atoms with Crippen LogP contribution in [0.1, 0.15) is 12.8 Å². The first kappa shape index (κ1) is 24.5. The Labute approximate surface area is 171 Å². The van der Waals surface area contributed by atoms with Gasteiger partial charge in [-0.25, -0.2) is 0 Å². The molecule has 2 heterocycles. The first-order valence-electron chi connectivity index (χ1n) is 8.59. The third kappa shape index (κ3) is 9.50. The first-order valence-corrected chi connectivity index (χ1v) is 8.59. The van der Waals surface area contributed by atoms with Gasteiger partial charge in [-0.1, -0.05) is 0 Å². The number of aliphatic imine (C=N–C) groups is 1. The van der Waals surface area contributed by atoms with E-state index < -0.39 is 25.4 Å². The molecule has 0 aromatic heterocycles. The van der Waals surface area contributed by atoms with Crippen molar-refractivity contribution >= 4 is 29.9 Å². The van der Waals surface area contributed by atoms with Crippen LogP contribution >= 0.6 is 24.0 Å². The molecule has 0 spiro atoms. The lowest BCUT2D eigenvalue weighted by molar-refractivity contribution is -0.144. The minimum atomic E-state index is -4.21. The van der Waals surface area contributed by atoms with E-state index in [1.54, 1.807) is 7.05 Å². The van der Waals surface area contributed by atoms with Crippen LogP contribution in [-0.2, 0) is 0 Å². The number of guanidine groups is 1. The van der Waals surface area contributed by atoms with Gasteiger partial charge in [0, 0.05) is 39.3 Å². The molecule has 5 nitrogen and oxygen atoms in total. The summed E-state index contributed by atoms with van der Waals surface area (Å²) in [7, 11) is 1.56. The van der Waals surface area contributed by atoms with Gasteiger partial charge in [-0.3, -0.25) is 14.8 Å². The zero-order chi connectivity index (χ0) is 19.4. The number of rotatable bonds is 5. The van der Waals surface area contributed by atoms with Crippen LogP contribution in [0, 0.1) is 5.92 Å². The molecule has 0 aromatic carbocycles. The molecule has 0 saturated carbocycles. The average molecular weight is 517 g/mol. The smallest absolute Gasteiger partial charge is 0.356 e. The Hall–Kier alpha value is -0.500. The lowest BCUT2D eigenvalue weighted by Gasteiger charge is -2.21. The molecule has 27 heavy (non-hydrogen) atoms. The molecule has 2 atom stereocenters. The van der Waals surface area contributed by atoms with Gasteiger partial charge >= 0.3 is 12.4 Å². The van der Waals surface area contributed by atoms with Gasteiger partial charge in [0.05, 0.1) is 13.1 Å². The van der Waals surface area contributed by atoms with Gasteiger partial charge in [0.25, 0.3) is 0 Å². The van der Waals surface area contributed by atoms with Gasteiger partial charge in [0.1, 0.15) is 0 Å². The minimum absolute atomic E-state index is 0. The van der Waals surface area contributed by atoms with E-state index in [2.05, 4.69) is 15.6 Å². The molecule has 0 bridgehead atoms. The molecular formula is C15H26F6IN5. The molecule has 2 rings (SSSR count). The Morgan fingerprint density at radius 1 is 0.963 bits per heavy atom. The van der Waals surface area contributed by atoms with Crippen molar-refractivity contribution in [1.82, 2.24) is 20.4 Å². The molecule has 0 amide bonds. The normalized spacial score (nSPS) is 25.5. The summed E-state index contributed by atoms with van der Waals surface area (Å²) >= 11 is 0. The van der Waals surface area contributed by atoms with Crippen LogP contribution < -0.4 is 10.6 Å². The predicted octanol–water partition coefficient (Wildman–Crippen LogP) is 2.29. The van der Waals surface area contributed by atoms with Crippen LogP contribution in [0.15, 0.2) is 4.99 Å². The topological polar surface area (TPSA) is 42.9 Å². The molecule has 2 fully saturated rings. The largest absolute Gasteiger partial charge is 0.401 e. The van der Waals surface area contributed by atoms with Crippen LogP contribution in [0.2, 0.25) is 0 Å². The Bertz CT molecular complexity index is 484. The van der Waals surface area contributed by atoms with Crippen molar-refractivity contribution in [2.45, 2.75) is 31.2 Å². The number of nitrogens with one attached hydrogen (secondary N) is 2. The second kappa shape index (κ2) is 10.3. The van der Waals surface area contributed by atoms with E-state index >= 15 is 0 Å². The standard InChI is InChI=1S/C15H25F6N5.HI/c1-22-13(24-12-3-5-26(8-12)10-15(19,20)21)23-6-11-2-4-25(7-11)9-14(16,17)18;/h11-12H,2-10H2,1H3,(H2,22,23,24);1H. The fraction of sp³-hybridized carbons (Fsp3) is 0.933. The minimum Gasteiger partial charge on any atom is -0.356 e. The number of alkyl halides is 6. The van der Waals surface area contributed by atoms with E-state index in [1.807, 2.05) is 0 Å². The zero-order valence-electron chi connectivity index (χ0n) is 15.0. The maximum Gasteiger partial charge on any atom is 0.401 e. The summed E-state index contributed by atoms with van der Waals surface area (Å²) in [5, 5.41) is 6.17. The lowest BCUT2D eigenvalue weighted by Crippen LogP contribution is -2.46. The second-order valence-corrected chi connectivity index (χ2v) is 6.94. The van der Waals surface area contributed by atoms with Crippen molar-refractivity contribution in [1.29, 1.82) is 0 Å². The van der Waals surface area contributed by atoms with Gasteiger partial charge in [-0.15, -0.1) is 24.0 Å². The van der Waals surface area contributed by atoms with E-state index in [4.69, 9.17) is 0 Å². The monoisotopic (exact) mass is 517 g/mol. The molecule has 0 radical (unpaired) electrons. The van der Waals surface area contributed by atoms with E-state index in [9.17, 15) is 26.3 Å². The number of nitrogens with zero attached hydrogens (tertiary/aromatic N) is 3. The van der Waals surface area contributed by atoms with Crippen LogP contribution in [0.4, 0.5) is 26.3 Å². The van der Waals surface area contributed by atoms with Crippen molar-refractivity contribution in [3.05, 3.63) is 0 Å². The van der Waals surface area contributed by atoms with Crippen molar-refractivity contribution < 1.29 is 26.3 Å². The van der Waals surface area contributed by atoms with Crippen molar-refractivity contribution in [2.24, 2.45) is 10.9 Å². The SMILES string of the molecule is CN=C(NCC1CCN(CC(F)(F)F)C1)NC1CCN(CC(F)(F)F)C1.I. The summed E-state index contributed by atoms with van der Waals surface area (Å²) < 4.78 is 74.5. The number of likely N-dealkylation sites (tertiary alicyclic amines) is 2. The number of halogens is 7.